The molecule has 6 nitrogen and oxygen atoms in total. The Bertz CT molecular complexity index is 401. The summed E-state index contributed by atoms with van der Waals surface area (Å²) in [5.41, 5.74) is -0.543. The molecule has 1 saturated carbocycles. The predicted octanol–water partition coefficient (Wildman–Crippen LogP) is 1.70. The van der Waals surface area contributed by atoms with Crippen LogP contribution in [-0.4, -0.2) is 53.3 Å². The highest BCUT2D eigenvalue weighted by Gasteiger charge is 2.35. The van der Waals surface area contributed by atoms with E-state index in [0.29, 0.717) is 25.4 Å². The summed E-state index contributed by atoms with van der Waals surface area (Å²) in [6.45, 7) is 7.67. The Labute approximate surface area is 125 Å². The van der Waals surface area contributed by atoms with Gasteiger partial charge < -0.3 is 20.1 Å². The fourth-order valence-corrected chi connectivity index (χ4v) is 2.76. The number of likely N-dealkylation sites (tertiary alicyclic amines) is 1. The lowest BCUT2D eigenvalue weighted by Crippen LogP contribution is -2.53. The Hall–Kier alpha value is -1.30. The molecule has 2 aliphatic rings. The normalized spacial score (nSPS) is 27.2. The number of nitrogens with zero attached hydrogens (tertiary/aromatic N) is 1. The van der Waals surface area contributed by atoms with E-state index in [1.807, 2.05) is 20.8 Å². The molecule has 1 heterocycles. The molecular formula is C15H26N2O4. The minimum absolute atomic E-state index is 0.159. The smallest absolute Gasteiger partial charge is 0.407 e. The molecule has 0 aromatic carbocycles. The van der Waals surface area contributed by atoms with Gasteiger partial charge in [0.25, 0.3) is 0 Å². The number of rotatable bonds is 4. The molecule has 1 amide bonds. The third kappa shape index (κ3) is 5.53. The van der Waals surface area contributed by atoms with Gasteiger partial charge in [-0.05, 0) is 46.0 Å². The Morgan fingerprint density at radius 1 is 1.29 bits per heavy atom. The van der Waals surface area contributed by atoms with Gasteiger partial charge in [0.1, 0.15) is 5.60 Å². The van der Waals surface area contributed by atoms with Crippen molar-refractivity contribution in [2.45, 2.75) is 51.7 Å². The number of alkyl carbamates (subject to hydrolysis) is 1. The van der Waals surface area contributed by atoms with Gasteiger partial charge in [0.05, 0.1) is 5.92 Å². The van der Waals surface area contributed by atoms with Crippen molar-refractivity contribution >= 4 is 12.1 Å². The molecule has 120 valence electrons. The maximum absolute atomic E-state index is 11.8. The summed E-state index contributed by atoms with van der Waals surface area (Å²) in [4.78, 5) is 25.3. The molecule has 1 aliphatic carbocycles. The average Bonchev–Trinajstić information content (AvgIpc) is 3.09. The van der Waals surface area contributed by atoms with Gasteiger partial charge in [-0.2, -0.15) is 0 Å². The average molecular weight is 298 g/mol. The number of carbonyl (C=O) groups is 2. The standard InChI is InChI=1S/C15H26N2O4/c1-15(2,3)21-14(20)16-12-6-11(13(18)19)8-17(9-12)7-10-4-5-10/h10-12H,4-9H2,1-3H3,(H,16,20)(H,18,19). The van der Waals surface area contributed by atoms with Crippen molar-refractivity contribution in [3.63, 3.8) is 0 Å². The zero-order valence-corrected chi connectivity index (χ0v) is 13.1. The van der Waals surface area contributed by atoms with Crippen LogP contribution in [0.5, 0.6) is 0 Å². The molecule has 2 unspecified atom stereocenters. The van der Waals surface area contributed by atoms with Gasteiger partial charge >= 0.3 is 12.1 Å². The van der Waals surface area contributed by atoms with E-state index in [1.165, 1.54) is 12.8 Å². The molecule has 1 aliphatic heterocycles. The maximum Gasteiger partial charge on any atom is 0.407 e. The third-order valence-electron chi connectivity index (χ3n) is 3.81. The van der Waals surface area contributed by atoms with Gasteiger partial charge in [-0.3, -0.25) is 4.79 Å². The van der Waals surface area contributed by atoms with Crippen molar-refractivity contribution in [3.8, 4) is 0 Å². The van der Waals surface area contributed by atoms with Gasteiger partial charge in [0, 0.05) is 25.7 Å². The molecule has 2 fully saturated rings. The topological polar surface area (TPSA) is 78.9 Å². The van der Waals surface area contributed by atoms with Gasteiger partial charge in [0.2, 0.25) is 0 Å². The molecular weight excluding hydrogens is 272 g/mol. The van der Waals surface area contributed by atoms with E-state index in [0.717, 1.165) is 6.54 Å². The number of carboxylic acid groups (broad SMARTS) is 1. The summed E-state index contributed by atoms with van der Waals surface area (Å²) in [5.74, 6) is -0.497. The molecule has 2 rings (SSSR count). The van der Waals surface area contributed by atoms with Gasteiger partial charge in [0.15, 0.2) is 0 Å². The second kappa shape index (κ2) is 6.22. The molecule has 0 bridgehead atoms. The SMILES string of the molecule is CC(C)(C)OC(=O)NC1CC(C(=O)O)CN(CC2CC2)C1. The summed E-state index contributed by atoms with van der Waals surface area (Å²) in [5, 5.41) is 12.1. The van der Waals surface area contributed by atoms with E-state index in [9.17, 15) is 14.7 Å². The summed E-state index contributed by atoms with van der Waals surface area (Å²) >= 11 is 0. The summed E-state index contributed by atoms with van der Waals surface area (Å²) < 4.78 is 5.25. The van der Waals surface area contributed by atoms with Crippen LogP contribution in [-0.2, 0) is 9.53 Å². The number of nitrogens with one attached hydrogen (secondary N) is 1. The number of aliphatic carboxylic acids is 1. The first-order valence-corrected chi connectivity index (χ1v) is 7.67. The van der Waals surface area contributed by atoms with Gasteiger partial charge in [-0.15, -0.1) is 0 Å². The van der Waals surface area contributed by atoms with Gasteiger partial charge in [-0.25, -0.2) is 4.79 Å². The van der Waals surface area contributed by atoms with Gasteiger partial charge in [-0.1, -0.05) is 0 Å². The second-order valence-corrected chi connectivity index (χ2v) is 7.28. The summed E-state index contributed by atoms with van der Waals surface area (Å²) in [6, 6.07) is -0.159. The Morgan fingerprint density at radius 3 is 2.48 bits per heavy atom. The third-order valence-corrected chi connectivity index (χ3v) is 3.81. The van der Waals surface area contributed by atoms with E-state index >= 15 is 0 Å². The van der Waals surface area contributed by atoms with E-state index < -0.39 is 23.6 Å². The van der Waals surface area contributed by atoms with Crippen LogP contribution in [0.15, 0.2) is 0 Å². The van der Waals surface area contributed by atoms with Crippen LogP contribution >= 0.6 is 0 Å². The lowest BCUT2D eigenvalue weighted by Gasteiger charge is -2.36. The van der Waals surface area contributed by atoms with Crippen LogP contribution in [0, 0.1) is 11.8 Å². The fourth-order valence-electron chi connectivity index (χ4n) is 2.76. The molecule has 0 aromatic heterocycles. The molecule has 21 heavy (non-hydrogen) atoms. The first-order valence-electron chi connectivity index (χ1n) is 7.67. The first-order chi connectivity index (χ1) is 9.73. The molecule has 0 spiro atoms. The van der Waals surface area contributed by atoms with Crippen molar-refractivity contribution in [2.24, 2.45) is 11.8 Å². The van der Waals surface area contributed by atoms with Crippen LogP contribution < -0.4 is 5.32 Å². The minimum Gasteiger partial charge on any atom is -0.481 e. The predicted molar refractivity (Wildman–Crippen MR) is 78.1 cm³/mol. The number of piperidine rings is 1. The van der Waals surface area contributed by atoms with Crippen molar-refractivity contribution in [2.75, 3.05) is 19.6 Å². The number of amides is 1. The Kier molecular flexibility index (Phi) is 4.76. The van der Waals surface area contributed by atoms with Crippen LogP contribution in [0.2, 0.25) is 0 Å². The lowest BCUT2D eigenvalue weighted by molar-refractivity contribution is -0.144. The molecule has 2 atom stereocenters. The highest BCUT2D eigenvalue weighted by molar-refractivity contribution is 5.71. The van der Waals surface area contributed by atoms with Crippen molar-refractivity contribution in [1.29, 1.82) is 0 Å². The fraction of sp³-hybridized carbons (Fsp3) is 0.867. The highest BCUT2D eigenvalue weighted by atomic mass is 16.6. The lowest BCUT2D eigenvalue weighted by atomic mass is 9.94. The number of carboxylic acids is 1. The minimum atomic E-state index is -0.786. The number of hydrogen-bond donors (Lipinski definition) is 2. The molecule has 0 radical (unpaired) electrons. The second-order valence-electron chi connectivity index (χ2n) is 7.28. The number of ether oxygens (including phenoxy) is 1. The zero-order valence-electron chi connectivity index (χ0n) is 13.1. The number of carbonyl (C=O) groups excluding carboxylic acids is 1. The van der Waals surface area contributed by atoms with Crippen LogP contribution in [0.1, 0.15) is 40.0 Å². The summed E-state index contributed by atoms with van der Waals surface area (Å²) in [6.07, 6.45) is 2.47. The van der Waals surface area contributed by atoms with Crippen LogP contribution in [0.3, 0.4) is 0 Å². The maximum atomic E-state index is 11.8. The Balaban J connectivity index is 1.90. The Morgan fingerprint density at radius 2 is 1.95 bits per heavy atom. The van der Waals surface area contributed by atoms with E-state index in [1.54, 1.807) is 0 Å². The zero-order chi connectivity index (χ0) is 15.6. The quantitative estimate of drug-likeness (QED) is 0.826. The summed E-state index contributed by atoms with van der Waals surface area (Å²) in [7, 11) is 0. The van der Waals surface area contributed by atoms with E-state index in [4.69, 9.17) is 4.74 Å². The van der Waals surface area contributed by atoms with E-state index in [-0.39, 0.29) is 6.04 Å². The highest BCUT2D eigenvalue weighted by Crippen LogP contribution is 2.31. The van der Waals surface area contributed by atoms with Crippen molar-refractivity contribution in [3.05, 3.63) is 0 Å². The van der Waals surface area contributed by atoms with Crippen LogP contribution in [0.25, 0.3) is 0 Å². The molecule has 0 aromatic rings. The molecule has 1 saturated heterocycles. The van der Waals surface area contributed by atoms with E-state index in [2.05, 4.69) is 10.2 Å². The molecule has 2 N–H and O–H groups in total. The molecule has 6 heteroatoms. The first kappa shape index (κ1) is 16.1. The largest absolute Gasteiger partial charge is 0.481 e. The monoisotopic (exact) mass is 298 g/mol. The van der Waals surface area contributed by atoms with Crippen molar-refractivity contribution < 1.29 is 19.4 Å². The number of hydrogen-bond acceptors (Lipinski definition) is 4. The van der Waals surface area contributed by atoms with Crippen LogP contribution in [0.4, 0.5) is 4.79 Å². The van der Waals surface area contributed by atoms with Crippen molar-refractivity contribution in [1.82, 2.24) is 10.2 Å².